The van der Waals surface area contributed by atoms with Gasteiger partial charge in [0.1, 0.15) is 12.7 Å². The van der Waals surface area contributed by atoms with Crippen molar-refractivity contribution in [3.63, 3.8) is 0 Å². The van der Waals surface area contributed by atoms with Gasteiger partial charge < -0.3 is 28.8 Å². The summed E-state index contributed by atoms with van der Waals surface area (Å²) in [5, 5.41) is 10.3. The second kappa shape index (κ2) is 8.44. The topological polar surface area (TPSA) is 101 Å². The Morgan fingerprint density at radius 2 is 2.08 bits per heavy atom. The number of carbonyl (C=O) groups excluding carboxylic acids is 2. The van der Waals surface area contributed by atoms with Gasteiger partial charge in [0.15, 0.2) is 6.29 Å². The number of carbonyl (C=O) groups is 2. The molecule has 25 heavy (non-hydrogen) atoms. The van der Waals surface area contributed by atoms with Crippen LogP contribution in [0.25, 0.3) is 0 Å². The Labute approximate surface area is 147 Å². The molecule has 2 heterocycles. The number of methoxy groups -OCH3 is 1. The van der Waals surface area contributed by atoms with Gasteiger partial charge in [-0.2, -0.15) is 0 Å². The second-order valence-corrected chi connectivity index (χ2v) is 6.70. The zero-order chi connectivity index (χ0) is 18.6. The van der Waals surface area contributed by atoms with E-state index in [4.69, 9.17) is 23.7 Å². The highest BCUT2D eigenvalue weighted by Crippen LogP contribution is 2.37. The van der Waals surface area contributed by atoms with Gasteiger partial charge in [-0.3, -0.25) is 9.59 Å². The normalized spacial score (nSPS) is 38.4. The van der Waals surface area contributed by atoms with E-state index in [0.29, 0.717) is 6.42 Å². The van der Waals surface area contributed by atoms with Crippen molar-refractivity contribution in [3.8, 4) is 0 Å². The Morgan fingerprint density at radius 3 is 2.64 bits per heavy atom. The Bertz CT molecular complexity index is 479. The van der Waals surface area contributed by atoms with Crippen LogP contribution in [0.4, 0.5) is 0 Å². The molecule has 2 aliphatic heterocycles. The molecule has 8 heteroatoms. The third-order valence-electron chi connectivity index (χ3n) is 4.84. The largest absolute Gasteiger partial charge is 0.463 e. The first-order valence-corrected chi connectivity index (χ1v) is 8.75. The summed E-state index contributed by atoms with van der Waals surface area (Å²) in [6.07, 6.45) is -0.484. The van der Waals surface area contributed by atoms with E-state index in [2.05, 4.69) is 0 Å². The monoisotopic (exact) mass is 360 g/mol. The molecule has 0 aliphatic carbocycles. The molecule has 3 unspecified atom stereocenters. The number of esters is 2. The van der Waals surface area contributed by atoms with Crippen LogP contribution in [0.5, 0.6) is 0 Å². The molecule has 2 aliphatic rings. The second-order valence-electron chi connectivity index (χ2n) is 6.70. The van der Waals surface area contributed by atoms with Gasteiger partial charge in [0, 0.05) is 13.5 Å². The van der Waals surface area contributed by atoms with Crippen molar-refractivity contribution in [1.29, 1.82) is 0 Å². The molecule has 0 bridgehead atoms. The standard InChI is InChI=1S/C17H28O8/c1-5-6-13(18)22-9-12-10(2)11(3)15(16(21-4)23-12)25-17(20)8-7-14(19)24-17/h10-12,15-16,20H,5-9H2,1-4H3/t10-,11-,12?,15?,16+,17?/m0/s1. The lowest BCUT2D eigenvalue weighted by molar-refractivity contribution is -0.389. The summed E-state index contributed by atoms with van der Waals surface area (Å²) in [5.74, 6) is -2.82. The number of rotatable bonds is 7. The number of hydrogen-bond acceptors (Lipinski definition) is 8. The molecule has 2 fully saturated rings. The summed E-state index contributed by atoms with van der Waals surface area (Å²) < 4.78 is 27.0. The Balaban J connectivity index is 1.99. The molecular weight excluding hydrogens is 332 g/mol. The van der Waals surface area contributed by atoms with Crippen molar-refractivity contribution in [2.75, 3.05) is 13.7 Å². The van der Waals surface area contributed by atoms with E-state index in [1.807, 2.05) is 20.8 Å². The maximum atomic E-state index is 11.6. The molecular formula is C17H28O8. The van der Waals surface area contributed by atoms with Gasteiger partial charge in [-0.1, -0.05) is 20.8 Å². The lowest BCUT2D eigenvalue weighted by Crippen LogP contribution is -2.55. The molecule has 0 aromatic heterocycles. The Kier molecular flexibility index (Phi) is 6.79. The van der Waals surface area contributed by atoms with Crippen LogP contribution in [-0.4, -0.2) is 55.2 Å². The fourth-order valence-corrected chi connectivity index (χ4v) is 3.09. The van der Waals surface area contributed by atoms with E-state index in [1.54, 1.807) is 0 Å². The first-order chi connectivity index (χ1) is 11.8. The quantitative estimate of drug-likeness (QED) is 0.536. The van der Waals surface area contributed by atoms with E-state index in [1.165, 1.54) is 7.11 Å². The minimum absolute atomic E-state index is 0.0217. The highest BCUT2D eigenvalue weighted by Gasteiger charge is 2.49. The van der Waals surface area contributed by atoms with Gasteiger partial charge >= 0.3 is 17.9 Å². The van der Waals surface area contributed by atoms with Crippen molar-refractivity contribution < 1.29 is 38.4 Å². The summed E-state index contributed by atoms with van der Waals surface area (Å²) in [5.41, 5.74) is 0. The van der Waals surface area contributed by atoms with E-state index in [9.17, 15) is 14.7 Å². The highest BCUT2D eigenvalue weighted by atomic mass is 16.8. The minimum Gasteiger partial charge on any atom is -0.463 e. The minimum atomic E-state index is -1.95. The van der Waals surface area contributed by atoms with Gasteiger partial charge in [0.25, 0.3) is 0 Å². The molecule has 2 rings (SSSR count). The molecule has 0 spiro atoms. The number of ether oxygens (including phenoxy) is 5. The molecule has 0 aromatic carbocycles. The Morgan fingerprint density at radius 1 is 1.36 bits per heavy atom. The van der Waals surface area contributed by atoms with Crippen molar-refractivity contribution in [2.45, 2.75) is 70.9 Å². The van der Waals surface area contributed by atoms with Gasteiger partial charge in [0.2, 0.25) is 0 Å². The molecule has 8 nitrogen and oxygen atoms in total. The maximum Gasteiger partial charge on any atom is 0.327 e. The molecule has 0 saturated carbocycles. The molecule has 0 radical (unpaired) electrons. The lowest BCUT2D eigenvalue weighted by Gasteiger charge is -2.45. The van der Waals surface area contributed by atoms with Crippen LogP contribution in [0.15, 0.2) is 0 Å². The van der Waals surface area contributed by atoms with Crippen LogP contribution in [0.2, 0.25) is 0 Å². The summed E-state index contributed by atoms with van der Waals surface area (Å²) >= 11 is 0. The van der Waals surface area contributed by atoms with E-state index in [-0.39, 0.29) is 43.4 Å². The van der Waals surface area contributed by atoms with Crippen LogP contribution in [0.1, 0.15) is 46.5 Å². The SMILES string of the molecule is CCCC(=O)OCC1O[C@@H](OC)C(OC2(O)CCC(=O)O2)[C@@H](C)[C@@H]1C. The van der Waals surface area contributed by atoms with Crippen molar-refractivity contribution >= 4 is 11.9 Å². The molecule has 0 amide bonds. The number of hydrogen-bond donors (Lipinski definition) is 1. The highest BCUT2D eigenvalue weighted by molar-refractivity contribution is 5.71. The van der Waals surface area contributed by atoms with Gasteiger partial charge in [0.05, 0.1) is 18.9 Å². The van der Waals surface area contributed by atoms with Crippen LogP contribution < -0.4 is 0 Å². The lowest BCUT2D eigenvalue weighted by atomic mass is 9.83. The van der Waals surface area contributed by atoms with Gasteiger partial charge in [-0.15, -0.1) is 0 Å². The summed E-state index contributed by atoms with van der Waals surface area (Å²) in [7, 11) is 1.47. The summed E-state index contributed by atoms with van der Waals surface area (Å²) in [6, 6.07) is 0. The van der Waals surface area contributed by atoms with E-state index in [0.717, 1.165) is 6.42 Å². The predicted molar refractivity (Wildman–Crippen MR) is 85.0 cm³/mol. The van der Waals surface area contributed by atoms with Crippen molar-refractivity contribution in [3.05, 3.63) is 0 Å². The fraction of sp³-hybridized carbons (Fsp3) is 0.882. The van der Waals surface area contributed by atoms with Crippen LogP contribution in [-0.2, 0) is 33.3 Å². The molecule has 0 aromatic rings. The van der Waals surface area contributed by atoms with Gasteiger partial charge in [-0.25, -0.2) is 0 Å². The molecule has 1 N–H and O–H groups in total. The maximum absolute atomic E-state index is 11.6. The van der Waals surface area contributed by atoms with Crippen molar-refractivity contribution in [1.82, 2.24) is 0 Å². The van der Waals surface area contributed by atoms with E-state index < -0.39 is 24.3 Å². The Hall–Kier alpha value is -1.22. The summed E-state index contributed by atoms with van der Waals surface area (Å²) in [6.45, 7) is 5.93. The summed E-state index contributed by atoms with van der Waals surface area (Å²) in [4.78, 5) is 22.9. The predicted octanol–water partition coefficient (Wildman–Crippen LogP) is 1.34. The average molecular weight is 360 g/mol. The first-order valence-electron chi connectivity index (χ1n) is 8.75. The van der Waals surface area contributed by atoms with Crippen molar-refractivity contribution in [2.24, 2.45) is 11.8 Å². The number of aliphatic hydroxyl groups is 1. The molecule has 144 valence electrons. The van der Waals surface area contributed by atoms with Gasteiger partial charge in [-0.05, 0) is 18.3 Å². The van der Waals surface area contributed by atoms with E-state index >= 15 is 0 Å². The third kappa shape index (κ3) is 4.91. The first kappa shape index (κ1) is 20.1. The van der Waals surface area contributed by atoms with Crippen LogP contribution in [0.3, 0.4) is 0 Å². The fourth-order valence-electron chi connectivity index (χ4n) is 3.09. The third-order valence-corrected chi connectivity index (χ3v) is 4.84. The zero-order valence-corrected chi connectivity index (χ0v) is 15.2. The van der Waals surface area contributed by atoms with Crippen LogP contribution >= 0.6 is 0 Å². The molecule has 2 saturated heterocycles. The average Bonchev–Trinajstić information content (AvgIpc) is 2.90. The number of cyclic esters (lactones) is 1. The molecule has 6 atom stereocenters. The smallest absolute Gasteiger partial charge is 0.327 e. The zero-order valence-electron chi connectivity index (χ0n) is 15.2. The van der Waals surface area contributed by atoms with Crippen LogP contribution in [0, 0.1) is 11.8 Å².